The zero-order chi connectivity index (χ0) is 15.9. The maximum Gasteiger partial charge on any atom is 0.292 e. The van der Waals surface area contributed by atoms with Gasteiger partial charge < -0.3 is 21.1 Å². The molecule has 0 aromatic heterocycles. The number of para-hydroxylation sites is 2. The van der Waals surface area contributed by atoms with Crippen LogP contribution in [0.25, 0.3) is 0 Å². The number of rotatable bonds is 7. The maximum absolute atomic E-state index is 11.9. The minimum atomic E-state index is -0.445. The van der Waals surface area contributed by atoms with Crippen LogP contribution in [-0.4, -0.2) is 42.7 Å². The molecular formula is C14H21ClN4O4. The number of carbonyl (C=O) groups is 1. The second-order valence-corrected chi connectivity index (χ2v) is 5.05. The highest BCUT2D eigenvalue weighted by molar-refractivity contribution is 5.85. The fraction of sp³-hybridized carbons (Fsp3) is 0.500. The van der Waals surface area contributed by atoms with E-state index >= 15 is 0 Å². The molecule has 1 aliphatic heterocycles. The number of benzene rings is 1. The lowest BCUT2D eigenvalue weighted by Crippen LogP contribution is -2.37. The maximum atomic E-state index is 11.9. The van der Waals surface area contributed by atoms with Gasteiger partial charge in [-0.15, -0.1) is 12.4 Å². The van der Waals surface area contributed by atoms with Gasteiger partial charge in [-0.3, -0.25) is 14.9 Å². The smallest absolute Gasteiger partial charge is 0.292 e. The lowest BCUT2D eigenvalue weighted by atomic mass is 10.2. The van der Waals surface area contributed by atoms with E-state index in [1.165, 1.54) is 6.07 Å². The third-order valence-electron chi connectivity index (χ3n) is 3.50. The Morgan fingerprint density at radius 3 is 2.74 bits per heavy atom. The van der Waals surface area contributed by atoms with Gasteiger partial charge in [0.25, 0.3) is 5.69 Å². The van der Waals surface area contributed by atoms with Crippen molar-refractivity contribution >= 4 is 29.7 Å². The molecule has 1 fully saturated rings. The van der Waals surface area contributed by atoms with E-state index in [2.05, 4.69) is 10.6 Å². The van der Waals surface area contributed by atoms with Crippen LogP contribution in [0.3, 0.4) is 0 Å². The molecule has 1 heterocycles. The van der Waals surface area contributed by atoms with Crippen molar-refractivity contribution in [3.8, 4) is 0 Å². The molecule has 0 aliphatic carbocycles. The molecule has 8 nitrogen and oxygen atoms in total. The van der Waals surface area contributed by atoms with Gasteiger partial charge in [0.2, 0.25) is 5.91 Å². The SMILES string of the molecule is Cl.NC[C@H]1CC[C@@H](C(=O)NCCNc2ccccc2[N+](=O)[O-])O1. The monoisotopic (exact) mass is 344 g/mol. The molecule has 9 heteroatoms. The van der Waals surface area contributed by atoms with Gasteiger partial charge in [-0.2, -0.15) is 0 Å². The highest BCUT2D eigenvalue weighted by Crippen LogP contribution is 2.22. The highest BCUT2D eigenvalue weighted by atomic mass is 35.5. The summed E-state index contributed by atoms with van der Waals surface area (Å²) in [6.07, 6.45) is 0.981. The zero-order valence-electron chi connectivity index (χ0n) is 12.6. The minimum absolute atomic E-state index is 0. The summed E-state index contributed by atoms with van der Waals surface area (Å²) in [6.45, 7) is 1.17. The second-order valence-electron chi connectivity index (χ2n) is 5.05. The average Bonchev–Trinajstić information content (AvgIpc) is 3.00. The van der Waals surface area contributed by atoms with Gasteiger partial charge in [0.05, 0.1) is 11.0 Å². The van der Waals surface area contributed by atoms with Gasteiger partial charge in [0.1, 0.15) is 11.8 Å². The Bertz CT molecular complexity index is 543. The van der Waals surface area contributed by atoms with E-state index in [0.29, 0.717) is 31.7 Å². The number of carbonyl (C=O) groups excluding carboxylic acids is 1. The average molecular weight is 345 g/mol. The highest BCUT2D eigenvalue weighted by Gasteiger charge is 2.29. The molecule has 2 atom stereocenters. The summed E-state index contributed by atoms with van der Waals surface area (Å²) in [6, 6.07) is 6.38. The largest absolute Gasteiger partial charge is 0.378 e. The molecule has 1 aliphatic rings. The van der Waals surface area contributed by atoms with Crippen molar-refractivity contribution in [1.29, 1.82) is 0 Å². The van der Waals surface area contributed by atoms with Crippen LogP contribution in [0.1, 0.15) is 12.8 Å². The molecule has 1 amide bonds. The zero-order valence-corrected chi connectivity index (χ0v) is 13.4. The number of hydrogen-bond donors (Lipinski definition) is 3. The molecule has 0 unspecified atom stereocenters. The minimum Gasteiger partial charge on any atom is -0.378 e. The Morgan fingerprint density at radius 1 is 1.35 bits per heavy atom. The number of amides is 1. The molecule has 1 aromatic rings. The first-order valence-corrected chi connectivity index (χ1v) is 7.22. The van der Waals surface area contributed by atoms with Gasteiger partial charge >= 0.3 is 0 Å². The summed E-state index contributed by atoms with van der Waals surface area (Å²) >= 11 is 0. The van der Waals surface area contributed by atoms with Crippen LogP contribution in [-0.2, 0) is 9.53 Å². The third-order valence-corrected chi connectivity index (χ3v) is 3.50. The fourth-order valence-corrected chi connectivity index (χ4v) is 2.35. The predicted octanol–water partition coefficient (Wildman–Crippen LogP) is 1.05. The topological polar surface area (TPSA) is 120 Å². The normalized spacial score (nSPS) is 19.7. The Hall–Kier alpha value is -1.90. The summed E-state index contributed by atoms with van der Waals surface area (Å²) in [4.78, 5) is 22.3. The molecule has 1 saturated heterocycles. The number of nitro benzene ring substituents is 1. The number of nitrogens with zero attached hydrogens (tertiary/aromatic N) is 1. The lowest BCUT2D eigenvalue weighted by Gasteiger charge is -2.13. The van der Waals surface area contributed by atoms with Crippen LogP contribution >= 0.6 is 12.4 Å². The first-order valence-electron chi connectivity index (χ1n) is 7.22. The van der Waals surface area contributed by atoms with Crippen LogP contribution < -0.4 is 16.4 Å². The van der Waals surface area contributed by atoms with Gasteiger partial charge in [0.15, 0.2) is 0 Å². The van der Waals surface area contributed by atoms with Crippen molar-refractivity contribution < 1.29 is 14.5 Å². The van der Waals surface area contributed by atoms with E-state index in [4.69, 9.17) is 10.5 Å². The van der Waals surface area contributed by atoms with Crippen molar-refractivity contribution in [3.63, 3.8) is 0 Å². The van der Waals surface area contributed by atoms with E-state index < -0.39 is 11.0 Å². The van der Waals surface area contributed by atoms with E-state index in [-0.39, 0.29) is 30.1 Å². The second kappa shape index (κ2) is 9.29. The van der Waals surface area contributed by atoms with E-state index in [1.807, 2.05) is 0 Å². The van der Waals surface area contributed by atoms with Gasteiger partial charge in [0, 0.05) is 25.7 Å². The predicted molar refractivity (Wildman–Crippen MR) is 88.8 cm³/mol. The molecule has 23 heavy (non-hydrogen) atoms. The van der Waals surface area contributed by atoms with Crippen molar-refractivity contribution in [2.75, 3.05) is 25.0 Å². The molecule has 1 aromatic carbocycles. The van der Waals surface area contributed by atoms with E-state index in [1.54, 1.807) is 18.2 Å². The molecule has 0 radical (unpaired) electrons. The molecular weight excluding hydrogens is 324 g/mol. The van der Waals surface area contributed by atoms with Crippen molar-refractivity contribution in [3.05, 3.63) is 34.4 Å². The van der Waals surface area contributed by atoms with Crippen molar-refractivity contribution in [2.45, 2.75) is 25.0 Å². The summed E-state index contributed by atoms with van der Waals surface area (Å²) in [5.41, 5.74) is 5.94. The number of nitrogens with two attached hydrogens (primary N) is 1. The molecule has 0 spiro atoms. The van der Waals surface area contributed by atoms with Crippen LogP contribution in [0, 0.1) is 10.1 Å². The number of nitro groups is 1. The van der Waals surface area contributed by atoms with E-state index in [0.717, 1.165) is 6.42 Å². The van der Waals surface area contributed by atoms with Crippen LogP contribution in [0.5, 0.6) is 0 Å². The van der Waals surface area contributed by atoms with Crippen molar-refractivity contribution in [1.82, 2.24) is 5.32 Å². The summed E-state index contributed by atoms with van der Waals surface area (Å²) < 4.78 is 5.49. The van der Waals surface area contributed by atoms with Crippen LogP contribution in [0.4, 0.5) is 11.4 Å². The van der Waals surface area contributed by atoms with Crippen LogP contribution in [0.2, 0.25) is 0 Å². The van der Waals surface area contributed by atoms with Crippen LogP contribution in [0.15, 0.2) is 24.3 Å². The number of hydrogen-bond acceptors (Lipinski definition) is 6. The summed E-state index contributed by atoms with van der Waals surface area (Å²) in [5, 5.41) is 16.6. The Morgan fingerprint density at radius 2 is 2.09 bits per heavy atom. The molecule has 0 saturated carbocycles. The van der Waals surface area contributed by atoms with Gasteiger partial charge in [-0.1, -0.05) is 12.1 Å². The van der Waals surface area contributed by atoms with Gasteiger partial charge in [-0.25, -0.2) is 0 Å². The standard InChI is InChI=1S/C14H20N4O4.ClH/c15-9-10-5-6-13(22-10)14(19)17-8-7-16-11-3-1-2-4-12(11)18(20)21;/h1-4,10,13,16H,5-9,15H2,(H,17,19);1H/t10-,13+;/m1./s1. The molecule has 128 valence electrons. The lowest BCUT2D eigenvalue weighted by molar-refractivity contribution is -0.384. The van der Waals surface area contributed by atoms with Gasteiger partial charge in [-0.05, 0) is 18.9 Å². The number of nitrogens with one attached hydrogen (secondary N) is 2. The molecule has 2 rings (SSSR count). The summed E-state index contributed by atoms with van der Waals surface area (Å²) in [5.74, 6) is -0.166. The van der Waals surface area contributed by atoms with E-state index in [9.17, 15) is 14.9 Å². The van der Waals surface area contributed by atoms with Crippen molar-refractivity contribution in [2.24, 2.45) is 5.73 Å². The molecule has 4 N–H and O–H groups in total. The third kappa shape index (κ3) is 5.34. The number of halogens is 1. The Labute approximate surface area is 140 Å². The Balaban J connectivity index is 0.00000264. The number of anilines is 1. The number of ether oxygens (including phenoxy) is 1. The first-order chi connectivity index (χ1) is 10.6. The fourth-order valence-electron chi connectivity index (χ4n) is 2.35. The Kier molecular flexibility index (Phi) is 7.73. The summed E-state index contributed by atoms with van der Waals surface area (Å²) in [7, 11) is 0. The quantitative estimate of drug-likeness (QED) is 0.386. The first kappa shape index (κ1) is 19.1. The molecule has 0 bridgehead atoms.